The number of anilines is 1. The van der Waals surface area contributed by atoms with E-state index in [-0.39, 0.29) is 30.4 Å². The molecule has 31 heavy (non-hydrogen) atoms. The molecule has 0 aliphatic rings. The van der Waals surface area contributed by atoms with Gasteiger partial charge in [0.15, 0.2) is 12.2 Å². The smallest absolute Gasteiger partial charge is 0.346 e. The van der Waals surface area contributed by atoms with Gasteiger partial charge in [-0.05, 0) is 56.5 Å². The standard InChI is InChI=1S/C23H23ClN2O5/c1-5-29-23(28)19-20(16-8-10-17(24)11-9-16)26-31-22(19)25-18(27)12-30-21-14(3)7-6-13(2)15(21)4/h6-11H,5,12H2,1-4H3,(H,25,27). The Balaban J connectivity index is 1.82. The number of aromatic nitrogens is 1. The average molecular weight is 443 g/mol. The van der Waals surface area contributed by atoms with Crippen LogP contribution in [0.2, 0.25) is 5.02 Å². The number of nitrogens with zero attached hydrogens (tertiary/aromatic N) is 1. The summed E-state index contributed by atoms with van der Waals surface area (Å²) in [6, 6.07) is 10.7. The van der Waals surface area contributed by atoms with Crippen LogP contribution in [-0.4, -0.2) is 30.2 Å². The molecule has 0 saturated carbocycles. The van der Waals surface area contributed by atoms with Gasteiger partial charge < -0.3 is 14.0 Å². The van der Waals surface area contributed by atoms with Crippen molar-refractivity contribution in [2.45, 2.75) is 27.7 Å². The molecular weight excluding hydrogens is 420 g/mol. The van der Waals surface area contributed by atoms with Crippen LogP contribution in [0.4, 0.5) is 5.88 Å². The zero-order valence-corrected chi connectivity index (χ0v) is 18.5. The van der Waals surface area contributed by atoms with Crippen molar-refractivity contribution in [3.05, 3.63) is 63.7 Å². The third-order valence-electron chi connectivity index (χ3n) is 4.76. The number of amides is 1. The third-order valence-corrected chi connectivity index (χ3v) is 5.02. The van der Waals surface area contributed by atoms with E-state index in [9.17, 15) is 9.59 Å². The Morgan fingerprint density at radius 1 is 1.06 bits per heavy atom. The lowest BCUT2D eigenvalue weighted by Crippen LogP contribution is -2.22. The minimum Gasteiger partial charge on any atom is -0.483 e. The number of aryl methyl sites for hydroxylation is 2. The number of carbonyl (C=O) groups excluding carboxylic acids is 2. The maximum atomic E-state index is 12.5. The number of benzene rings is 2. The van der Waals surface area contributed by atoms with E-state index in [2.05, 4.69) is 10.5 Å². The summed E-state index contributed by atoms with van der Waals surface area (Å²) in [7, 11) is 0. The minimum absolute atomic E-state index is 0.0282. The first-order valence-electron chi connectivity index (χ1n) is 9.74. The van der Waals surface area contributed by atoms with E-state index in [1.165, 1.54) is 0 Å². The van der Waals surface area contributed by atoms with E-state index in [0.717, 1.165) is 16.7 Å². The molecule has 0 spiro atoms. The quantitative estimate of drug-likeness (QED) is 0.511. The molecule has 1 aromatic heterocycles. The first-order valence-corrected chi connectivity index (χ1v) is 10.1. The molecule has 8 heteroatoms. The number of ether oxygens (including phenoxy) is 2. The van der Waals surface area contributed by atoms with E-state index in [1.54, 1.807) is 31.2 Å². The maximum absolute atomic E-state index is 12.5. The normalized spacial score (nSPS) is 10.6. The van der Waals surface area contributed by atoms with Gasteiger partial charge in [0.25, 0.3) is 5.91 Å². The largest absolute Gasteiger partial charge is 0.483 e. The van der Waals surface area contributed by atoms with Crippen LogP contribution in [0.5, 0.6) is 5.75 Å². The van der Waals surface area contributed by atoms with Gasteiger partial charge in [0.2, 0.25) is 5.88 Å². The molecule has 1 heterocycles. The van der Waals surface area contributed by atoms with Gasteiger partial charge in [0.05, 0.1) is 6.61 Å². The summed E-state index contributed by atoms with van der Waals surface area (Å²) in [5.74, 6) is -0.602. The van der Waals surface area contributed by atoms with E-state index >= 15 is 0 Å². The van der Waals surface area contributed by atoms with E-state index < -0.39 is 11.9 Å². The zero-order valence-electron chi connectivity index (χ0n) is 17.7. The van der Waals surface area contributed by atoms with Gasteiger partial charge in [-0.3, -0.25) is 10.1 Å². The topological polar surface area (TPSA) is 90.7 Å². The van der Waals surface area contributed by atoms with Gasteiger partial charge in [-0.25, -0.2) is 4.79 Å². The lowest BCUT2D eigenvalue weighted by Gasteiger charge is -2.13. The van der Waals surface area contributed by atoms with E-state index in [0.29, 0.717) is 16.3 Å². The predicted octanol–water partition coefficient (Wildman–Crippen LogP) is 5.11. The Labute approximate surface area is 185 Å². The lowest BCUT2D eigenvalue weighted by molar-refractivity contribution is -0.118. The number of carbonyl (C=O) groups is 2. The van der Waals surface area contributed by atoms with Crippen molar-refractivity contribution in [3.63, 3.8) is 0 Å². The second-order valence-corrected chi connectivity index (χ2v) is 7.39. The van der Waals surface area contributed by atoms with E-state index in [4.69, 9.17) is 25.6 Å². The Bertz CT molecular complexity index is 1110. The summed E-state index contributed by atoms with van der Waals surface area (Å²) in [5, 5.41) is 7.05. The van der Waals surface area contributed by atoms with Crippen LogP contribution in [0.1, 0.15) is 34.0 Å². The molecule has 162 valence electrons. The molecule has 7 nitrogen and oxygen atoms in total. The van der Waals surface area contributed by atoms with Crippen LogP contribution in [0.15, 0.2) is 40.9 Å². The molecule has 0 fully saturated rings. The van der Waals surface area contributed by atoms with Gasteiger partial charge in [0.1, 0.15) is 11.4 Å². The fourth-order valence-corrected chi connectivity index (χ4v) is 3.15. The Morgan fingerprint density at radius 2 is 1.74 bits per heavy atom. The van der Waals surface area contributed by atoms with Crippen LogP contribution >= 0.6 is 11.6 Å². The number of hydrogen-bond acceptors (Lipinski definition) is 6. The fraction of sp³-hybridized carbons (Fsp3) is 0.261. The van der Waals surface area contributed by atoms with Crippen molar-refractivity contribution in [2.75, 3.05) is 18.5 Å². The molecule has 0 saturated heterocycles. The monoisotopic (exact) mass is 442 g/mol. The lowest BCUT2D eigenvalue weighted by atomic mass is 10.1. The SMILES string of the molecule is CCOC(=O)c1c(-c2ccc(Cl)cc2)noc1NC(=O)COc1c(C)ccc(C)c1C. The molecule has 0 aliphatic heterocycles. The summed E-state index contributed by atoms with van der Waals surface area (Å²) in [6.45, 7) is 7.40. The molecule has 0 radical (unpaired) electrons. The first kappa shape index (κ1) is 22.4. The Hall–Kier alpha value is -3.32. The van der Waals surface area contributed by atoms with E-state index in [1.807, 2.05) is 32.9 Å². The number of halogens is 1. The van der Waals surface area contributed by atoms with Crippen LogP contribution in [0, 0.1) is 20.8 Å². The Kier molecular flexibility index (Phi) is 6.97. The highest BCUT2D eigenvalue weighted by molar-refractivity contribution is 6.30. The Morgan fingerprint density at radius 3 is 2.42 bits per heavy atom. The summed E-state index contributed by atoms with van der Waals surface area (Å²) >= 11 is 5.94. The highest BCUT2D eigenvalue weighted by atomic mass is 35.5. The van der Waals surface area contributed by atoms with Crippen molar-refractivity contribution in [2.24, 2.45) is 0 Å². The van der Waals surface area contributed by atoms with Gasteiger partial charge in [0, 0.05) is 10.6 Å². The van der Waals surface area contributed by atoms with Crippen LogP contribution in [0.25, 0.3) is 11.3 Å². The summed E-state index contributed by atoms with van der Waals surface area (Å²) in [4.78, 5) is 25.1. The van der Waals surface area contributed by atoms with Crippen molar-refractivity contribution >= 4 is 29.4 Å². The molecule has 0 bridgehead atoms. The molecule has 0 aliphatic carbocycles. The predicted molar refractivity (Wildman–Crippen MR) is 118 cm³/mol. The van der Waals surface area contributed by atoms with Gasteiger partial charge in [-0.1, -0.05) is 41.0 Å². The number of nitrogens with one attached hydrogen (secondary N) is 1. The average Bonchev–Trinajstić information content (AvgIpc) is 3.15. The zero-order chi connectivity index (χ0) is 22.5. The molecule has 3 aromatic rings. The van der Waals surface area contributed by atoms with Crippen molar-refractivity contribution < 1.29 is 23.6 Å². The number of esters is 1. The first-order chi connectivity index (χ1) is 14.8. The van der Waals surface area contributed by atoms with Gasteiger partial charge >= 0.3 is 5.97 Å². The molecule has 0 atom stereocenters. The van der Waals surface area contributed by atoms with Crippen LogP contribution in [0.3, 0.4) is 0 Å². The van der Waals surface area contributed by atoms with Crippen LogP contribution < -0.4 is 10.1 Å². The van der Waals surface area contributed by atoms with Crippen molar-refractivity contribution in [1.82, 2.24) is 5.16 Å². The van der Waals surface area contributed by atoms with Crippen molar-refractivity contribution in [3.8, 4) is 17.0 Å². The fourth-order valence-electron chi connectivity index (χ4n) is 3.02. The van der Waals surface area contributed by atoms with Crippen LogP contribution in [-0.2, 0) is 9.53 Å². The molecular formula is C23H23ClN2O5. The van der Waals surface area contributed by atoms with Gasteiger partial charge in [-0.2, -0.15) is 0 Å². The highest BCUT2D eigenvalue weighted by Crippen LogP contribution is 2.31. The molecule has 2 aromatic carbocycles. The minimum atomic E-state index is -0.657. The molecule has 3 rings (SSSR count). The summed E-state index contributed by atoms with van der Waals surface area (Å²) in [5.41, 5.74) is 3.82. The molecule has 1 amide bonds. The number of hydrogen-bond donors (Lipinski definition) is 1. The molecule has 1 N–H and O–H groups in total. The molecule has 0 unspecified atom stereocenters. The second-order valence-electron chi connectivity index (χ2n) is 6.95. The maximum Gasteiger partial charge on any atom is 0.346 e. The summed E-state index contributed by atoms with van der Waals surface area (Å²) in [6.07, 6.45) is 0. The summed E-state index contributed by atoms with van der Waals surface area (Å²) < 4.78 is 16.1. The third kappa shape index (κ3) is 5.06. The number of rotatable bonds is 7. The second kappa shape index (κ2) is 9.66. The van der Waals surface area contributed by atoms with Gasteiger partial charge in [-0.15, -0.1) is 0 Å². The van der Waals surface area contributed by atoms with Crippen molar-refractivity contribution in [1.29, 1.82) is 0 Å². The highest BCUT2D eigenvalue weighted by Gasteiger charge is 2.27.